The van der Waals surface area contributed by atoms with Gasteiger partial charge in [-0.15, -0.1) is 11.8 Å². The predicted molar refractivity (Wildman–Crippen MR) is 85.9 cm³/mol. The summed E-state index contributed by atoms with van der Waals surface area (Å²) < 4.78 is 18.6. The van der Waals surface area contributed by atoms with Crippen LogP contribution in [-0.4, -0.2) is 29.2 Å². The summed E-state index contributed by atoms with van der Waals surface area (Å²) in [6.07, 6.45) is 2.28. The third kappa shape index (κ3) is 4.29. The minimum Gasteiger partial charge on any atom is -0.449 e. The van der Waals surface area contributed by atoms with Crippen LogP contribution in [0.25, 0.3) is 0 Å². The van der Waals surface area contributed by atoms with Gasteiger partial charge in [-0.05, 0) is 37.4 Å². The number of hydrogen-bond donors (Lipinski definition) is 1. The van der Waals surface area contributed by atoms with E-state index < -0.39 is 23.8 Å². The van der Waals surface area contributed by atoms with E-state index in [0.717, 1.165) is 0 Å². The molecule has 0 bridgehead atoms. The number of carbonyl (C=O) groups is 2. The zero-order valence-corrected chi connectivity index (χ0v) is 13.4. The number of amides is 1. The molecule has 1 heterocycles. The predicted octanol–water partition coefficient (Wildman–Crippen LogP) is 3.13. The molecule has 23 heavy (non-hydrogen) atoms. The first-order valence-corrected chi connectivity index (χ1v) is 8.00. The lowest BCUT2D eigenvalue weighted by Crippen LogP contribution is -2.30. The summed E-state index contributed by atoms with van der Waals surface area (Å²) in [7, 11) is 0. The SMILES string of the molecule is CSc1ncccc1C(=O)O[C@H](C)C(=O)Nc1ccccc1F. The number of carbonyl (C=O) groups excluding carboxylic acids is 2. The third-order valence-electron chi connectivity index (χ3n) is 2.97. The highest BCUT2D eigenvalue weighted by Crippen LogP contribution is 2.19. The number of ether oxygens (including phenoxy) is 1. The number of esters is 1. The number of anilines is 1. The maximum atomic E-state index is 13.5. The van der Waals surface area contributed by atoms with Crippen LogP contribution in [-0.2, 0) is 9.53 Å². The maximum Gasteiger partial charge on any atom is 0.341 e. The number of thioether (sulfide) groups is 1. The van der Waals surface area contributed by atoms with Crippen LogP contribution in [0.5, 0.6) is 0 Å². The van der Waals surface area contributed by atoms with Crippen molar-refractivity contribution in [2.75, 3.05) is 11.6 Å². The van der Waals surface area contributed by atoms with Gasteiger partial charge in [0.25, 0.3) is 5.91 Å². The van der Waals surface area contributed by atoms with Gasteiger partial charge < -0.3 is 10.1 Å². The van der Waals surface area contributed by atoms with Gasteiger partial charge >= 0.3 is 5.97 Å². The van der Waals surface area contributed by atoms with Crippen LogP contribution in [0.2, 0.25) is 0 Å². The van der Waals surface area contributed by atoms with Crippen LogP contribution in [0.1, 0.15) is 17.3 Å². The summed E-state index contributed by atoms with van der Waals surface area (Å²) in [5.41, 5.74) is 0.317. The molecule has 120 valence electrons. The zero-order chi connectivity index (χ0) is 16.8. The van der Waals surface area contributed by atoms with Gasteiger partial charge in [-0.3, -0.25) is 4.79 Å². The highest BCUT2D eigenvalue weighted by atomic mass is 32.2. The molecule has 5 nitrogen and oxygen atoms in total. The highest BCUT2D eigenvalue weighted by Gasteiger charge is 2.21. The smallest absolute Gasteiger partial charge is 0.341 e. The Hall–Kier alpha value is -2.41. The van der Waals surface area contributed by atoms with Crippen molar-refractivity contribution >= 4 is 29.3 Å². The lowest BCUT2D eigenvalue weighted by atomic mass is 10.2. The molecule has 1 N–H and O–H groups in total. The van der Waals surface area contributed by atoms with Gasteiger partial charge in [-0.1, -0.05) is 12.1 Å². The molecule has 0 unspecified atom stereocenters. The van der Waals surface area contributed by atoms with Crippen LogP contribution in [0, 0.1) is 5.82 Å². The van der Waals surface area contributed by atoms with Crippen molar-refractivity contribution in [3.63, 3.8) is 0 Å². The van der Waals surface area contributed by atoms with Gasteiger partial charge in [0.2, 0.25) is 0 Å². The van der Waals surface area contributed by atoms with Crippen molar-refractivity contribution in [3.8, 4) is 0 Å². The van der Waals surface area contributed by atoms with Gasteiger partial charge in [-0.25, -0.2) is 14.2 Å². The van der Waals surface area contributed by atoms with Crippen molar-refractivity contribution in [1.29, 1.82) is 0 Å². The van der Waals surface area contributed by atoms with E-state index in [1.54, 1.807) is 30.7 Å². The van der Waals surface area contributed by atoms with Crippen molar-refractivity contribution in [1.82, 2.24) is 4.98 Å². The number of rotatable bonds is 5. The quantitative estimate of drug-likeness (QED) is 0.672. The molecule has 0 aliphatic carbocycles. The number of hydrogen-bond acceptors (Lipinski definition) is 5. The topological polar surface area (TPSA) is 68.3 Å². The monoisotopic (exact) mass is 334 g/mol. The number of nitrogens with zero attached hydrogens (tertiary/aromatic N) is 1. The van der Waals surface area contributed by atoms with Crippen LogP contribution in [0.3, 0.4) is 0 Å². The first kappa shape index (κ1) is 17.0. The molecule has 0 aliphatic heterocycles. The lowest BCUT2D eigenvalue weighted by molar-refractivity contribution is -0.123. The first-order chi connectivity index (χ1) is 11.0. The zero-order valence-electron chi connectivity index (χ0n) is 12.6. The number of aromatic nitrogens is 1. The Morgan fingerprint density at radius 3 is 2.70 bits per heavy atom. The number of pyridine rings is 1. The molecule has 0 aliphatic rings. The van der Waals surface area contributed by atoms with Crippen LogP contribution < -0.4 is 5.32 Å². The number of para-hydroxylation sites is 1. The Labute approximate surface area is 137 Å². The average Bonchev–Trinajstić information content (AvgIpc) is 2.56. The Morgan fingerprint density at radius 1 is 1.26 bits per heavy atom. The summed E-state index contributed by atoms with van der Waals surface area (Å²) >= 11 is 1.30. The van der Waals surface area contributed by atoms with Gasteiger partial charge in [0.05, 0.1) is 11.3 Å². The minimum absolute atomic E-state index is 0.0339. The molecule has 0 radical (unpaired) electrons. The fourth-order valence-electron chi connectivity index (χ4n) is 1.78. The molecule has 0 spiro atoms. The summed E-state index contributed by atoms with van der Waals surface area (Å²) in [6.45, 7) is 1.42. The van der Waals surface area contributed by atoms with Gasteiger partial charge in [-0.2, -0.15) is 0 Å². The van der Waals surface area contributed by atoms with E-state index in [1.807, 2.05) is 0 Å². The fraction of sp³-hybridized carbons (Fsp3) is 0.188. The second-order valence-corrected chi connectivity index (χ2v) is 5.37. The Kier molecular flexibility index (Phi) is 5.70. The molecule has 1 amide bonds. The first-order valence-electron chi connectivity index (χ1n) is 6.78. The molecule has 0 saturated heterocycles. The van der Waals surface area contributed by atoms with Crippen molar-refractivity contribution in [2.45, 2.75) is 18.1 Å². The number of benzene rings is 1. The maximum absolute atomic E-state index is 13.5. The standard InChI is InChI=1S/C16H15FN2O3S/c1-10(14(20)19-13-8-4-3-7-12(13)17)22-16(21)11-6-5-9-18-15(11)23-2/h3-10H,1-2H3,(H,19,20)/t10-/m1/s1. The van der Waals surface area contributed by atoms with Crippen molar-refractivity contribution < 1.29 is 18.7 Å². The molecular weight excluding hydrogens is 319 g/mol. The number of nitrogens with one attached hydrogen (secondary N) is 1. The Bertz CT molecular complexity index is 724. The summed E-state index contributed by atoms with van der Waals surface area (Å²) in [6, 6.07) is 8.95. The molecule has 0 fully saturated rings. The fourth-order valence-corrected chi connectivity index (χ4v) is 2.32. The third-order valence-corrected chi connectivity index (χ3v) is 3.68. The second-order valence-electron chi connectivity index (χ2n) is 4.58. The summed E-state index contributed by atoms with van der Waals surface area (Å²) in [4.78, 5) is 28.2. The van der Waals surface area contributed by atoms with Crippen molar-refractivity contribution in [2.24, 2.45) is 0 Å². The summed E-state index contributed by atoms with van der Waals surface area (Å²) in [5, 5.41) is 2.90. The van der Waals surface area contributed by atoms with Gasteiger partial charge in [0.1, 0.15) is 10.8 Å². The van der Waals surface area contributed by atoms with Crippen LogP contribution >= 0.6 is 11.8 Å². The van der Waals surface area contributed by atoms with Crippen molar-refractivity contribution in [3.05, 3.63) is 54.0 Å². The molecule has 2 aromatic rings. The molecular formula is C16H15FN2O3S. The molecule has 0 saturated carbocycles. The number of halogens is 1. The van der Waals surface area contributed by atoms with E-state index in [9.17, 15) is 14.0 Å². The largest absolute Gasteiger partial charge is 0.449 e. The minimum atomic E-state index is -1.07. The summed E-state index contributed by atoms with van der Waals surface area (Å²) in [5.74, 6) is -1.83. The molecule has 2 rings (SSSR count). The van der Waals surface area contributed by atoms with Crippen LogP contribution in [0.15, 0.2) is 47.6 Å². The molecule has 7 heteroatoms. The molecule has 1 aromatic heterocycles. The Balaban J connectivity index is 2.03. The van der Waals surface area contributed by atoms with E-state index >= 15 is 0 Å². The Morgan fingerprint density at radius 2 is 2.00 bits per heavy atom. The van der Waals surface area contributed by atoms with E-state index in [2.05, 4.69) is 10.3 Å². The average molecular weight is 334 g/mol. The normalized spacial score (nSPS) is 11.6. The van der Waals surface area contributed by atoms with E-state index in [-0.39, 0.29) is 11.3 Å². The van der Waals surface area contributed by atoms with E-state index in [0.29, 0.717) is 5.03 Å². The van der Waals surface area contributed by atoms with Crippen LogP contribution in [0.4, 0.5) is 10.1 Å². The molecule has 1 atom stereocenters. The van der Waals surface area contributed by atoms with E-state index in [4.69, 9.17) is 4.74 Å². The highest BCUT2D eigenvalue weighted by molar-refractivity contribution is 7.98. The van der Waals surface area contributed by atoms with E-state index in [1.165, 1.54) is 36.9 Å². The molecule has 1 aromatic carbocycles. The van der Waals surface area contributed by atoms with Gasteiger partial charge in [0, 0.05) is 6.20 Å². The van der Waals surface area contributed by atoms with Gasteiger partial charge in [0.15, 0.2) is 6.10 Å². The second kappa shape index (κ2) is 7.73. The lowest BCUT2D eigenvalue weighted by Gasteiger charge is -2.14.